The number of nitrogens with one attached hydrogen (secondary N) is 1. The summed E-state index contributed by atoms with van der Waals surface area (Å²) in [5.74, 6) is 1.13. The van der Waals surface area contributed by atoms with E-state index >= 15 is 0 Å². The molecule has 1 amide bonds. The van der Waals surface area contributed by atoms with Gasteiger partial charge in [0.15, 0.2) is 5.76 Å². The molecule has 0 radical (unpaired) electrons. The number of carbonyl (C=O) groups is 1. The second-order valence-electron chi connectivity index (χ2n) is 7.62. The molecule has 3 aromatic carbocycles. The molecule has 5 rings (SSSR count). The number of phenols is 1. The summed E-state index contributed by atoms with van der Waals surface area (Å²) in [6, 6.07) is 23.9. The molecule has 0 aliphatic carbocycles. The number of nitrogens with zero attached hydrogens (tertiary/aromatic N) is 2. The molecule has 7 nitrogen and oxygen atoms in total. The minimum atomic E-state index is -0.522. The van der Waals surface area contributed by atoms with Gasteiger partial charge in [-0.3, -0.25) is 4.79 Å². The largest absolute Gasteiger partial charge is 0.508 e. The Kier molecular flexibility index (Phi) is 5.59. The molecule has 0 unspecified atom stereocenters. The maximum atomic E-state index is 13.0. The Bertz CT molecular complexity index is 1380. The van der Waals surface area contributed by atoms with Crippen molar-refractivity contribution < 1.29 is 18.8 Å². The van der Waals surface area contributed by atoms with E-state index in [0.717, 1.165) is 16.3 Å². The Morgan fingerprint density at radius 1 is 0.970 bits per heavy atom. The van der Waals surface area contributed by atoms with Crippen molar-refractivity contribution in [2.75, 3.05) is 0 Å². The number of benzene rings is 3. The highest BCUT2D eigenvalue weighted by Gasteiger charge is 2.23. The van der Waals surface area contributed by atoms with Gasteiger partial charge in [-0.1, -0.05) is 65.8 Å². The first-order valence-corrected chi connectivity index (χ1v) is 10.6. The van der Waals surface area contributed by atoms with Crippen LogP contribution in [0, 0.1) is 0 Å². The third-order valence-corrected chi connectivity index (χ3v) is 5.45. The molecule has 0 aliphatic heterocycles. The van der Waals surface area contributed by atoms with Crippen LogP contribution in [0.3, 0.4) is 0 Å². The Balaban J connectivity index is 1.39. The summed E-state index contributed by atoms with van der Waals surface area (Å²) in [7, 11) is 0. The van der Waals surface area contributed by atoms with Crippen LogP contribution in [0.2, 0.25) is 0 Å². The second-order valence-corrected chi connectivity index (χ2v) is 7.62. The Labute approximate surface area is 189 Å². The predicted octanol–water partition coefficient (Wildman–Crippen LogP) is 5.03. The van der Waals surface area contributed by atoms with Gasteiger partial charge in [-0.2, -0.15) is 4.98 Å². The number of amides is 1. The van der Waals surface area contributed by atoms with E-state index in [4.69, 9.17) is 8.94 Å². The molecule has 7 heteroatoms. The normalized spacial score (nSPS) is 12.0. The third kappa shape index (κ3) is 4.34. The van der Waals surface area contributed by atoms with E-state index in [1.54, 1.807) is 18.2 Å². The summed E-state index contributed by atoms with van der Waals surface area (Å²) in [4.78, 5) is 17.2. The molecule has 1 atom stereocenters. The molecular weight excluding hydrogens is 418 g/mol. The van der Waals surface area contributed by atoms with Crippen LogP contribution >= 0.6 is 0 Å². The monoisotopic (exact) mass is 439 g/mol. The van der Waals surface area contributed by atoms with Crippen LogP contribution in [-0.4, -0.2) is 21.2 Å². The summed E-state index contributed by atoms with van der Waals surface area (Å²) in [5, 5.41) is 19.6. The van der Waals surface area contributed by atoms with Gasteiger partial charge < -0.3 is 19.4 Å². The molecule has 0 saturated heterocycles. The fourth-order valence-electron chi connectivity index (χ4n) is 3.87. The number of fused-ring (bicyclic) bond motifs is 1. The summed E-state index contributed by atoms with van der Waals surface area (Å²) in [6.45, 7) is 0. The first kappa shape index (κ1) is 20.5. The topological polar surface area (TPSA) is 101 Å². The number of rotatable bonds is 7. The molecule has 0 saturated carbocycles. The van der Waals surface area contributed by atoms with Gasteiger partial charge in [0.25, 0.3) is 0 Å². The van der Waals surface area contributed by atoms with Crippen LogP contribution in [0.15, 0.2) is 94.1 Å². The number of carbonyl (C=O) groups excluding carboxylic acids is 1. The maximum Gasteiger partial charge on any atom is 0.238 e. The first-order chi connectivity index (χ1) is 16.2. The van der Waals surface area contributed by atoms with E-state index in [1.807, 2.05) is 60.7 Å². The van der Waals surface area contributed by atoms with Gasteiger partial charge in [0.05, 0.1) is 12.3 Å². The molecule has 2 aromatic heterocycles. The van der Waals surface area contributed by atoms with Crippen molar-refractivity contribution in [3.8, 4) is 17.3 Å². The minimum absolute atomic E-state index is 0.128. The highest BCUT2D eigenvalue weighted by atomic mass is 16.5. The van der Waals surface area contributed by atoms with Crippen LogP contribution in [0.4, 0.5) is 0 Å². The van der Waals surface area contributed by atoms with Gasteiger partial charge in [0, 0.05) is 18.4 Å². The average molecular weight is 439 g/mol. The maximum absolute atomic E-state index is 13.0. The van der Waals surface area contributed by atoms with Crippen LogP contribution in [0.1, 0.15) is 29.5 Å². The van der Waals surface area contributed by atoms with Gasteiger partial charge in [-0.05, 0) is 34.5 Å². The fourth-order valence-corrected chi connectivity index (χ4v) is 3.87. The number of aromatic hydroxyl groups is 1. The van der Waals surface area contributed by atoms with E-state index in [1.165, 1.54) is 6.26 Å². The summed E-state index contributed by atoms with van der Waals surface area (Å²) in [6.07, 6.45) is 1.96. The molecule has 2 N–H and O–H groups in total. The molecule has 0 fully saturated rings. The fraction of sp³-hybridized carbons (Fsp3) is 0.115. The van der Waals surface area contributed by atoms with Crippen LogP contribution in [0.5, 0.6) is 5.75 Å². The summed E-state index contributed by atoms with van der Waals surface area (Å²) in [5.41, 5.74) is 1.53. The summed E-state index contributed by atoms with van der Waals surface area (Å²) < 4.78 is 10.5. The van der Waals surface area contributed by atoms with Gasteiger partial charge in [0.2, 0.25) is 17.6 Å². The van der Waals surface area contributed by atoms with E-state index < -0.39 is 6.04 Å². The molecule has 5 aromatic rings. The van der Waals surface area contributed by atoms with E-state index in [0.29, 0.717) is 23.0 Å². The van der Waals surface area contributed by atoms with Gasteiger partial charge in [-0.25, -0.2) is 0 Å². The van der Waals surface area contributed by atoms with Gasteiger partial charge >= 0.3 is 0 Å². The van der Waals surface area contributed by atoms with E-state index in [2.05, 4.69) is 15.5 Å². The zero-order valence-electron chi connectivity index (χ0n) is 17.6. The zero-order chi connectivity index (χ0) is 22.6. The van der Waals surface area contributed by atoms with Crippen LogP contribution < -0.4 is 5.32 Å². The Morgan fingerprint density at radius 3 is 2.61 bits per heavy atom. The van der Waals surface area contributed by atoms with Crippen LogP contribution in [0.25, 0.3) is 22.4 Å². The van der Waals surface area contributed by atoms with Crippen molar-refractivity contribution in [2.24, 2.45) is 0 Å². The van der Waals surface area contributed by atoms with Crippen molar-refractivity contribution in [2.45, 2.75) is 18.9 Å². The SMILES string of the molecule is O=C(CCc1nc(-c2ccco2)no1)N[C@@H](c1ccccc1)c1c(O)ccc2ccccc12. The van der Waals surface area contributed by atoms with E-state index in [-0.39, 0.29) is 24.5 Å². The predicted molar refractivity (Wildman–Crippen MR) is 122 cm³/mol. The molecule has 0 spiro atoms. The molecule has 0 aliphatic rings. The number of aryl methyl sites for hydroxylation is 1. The van der Waals surface area contributed by atoms with Crippen molar-refractivity contribution in [1.82, 2.24) is 15.5 Å². The lowest BCUT2D eigenvalue weighted by Crippen LogP contribution is -2.29. The molecule has 2 heterocycles. The number of hydrogen-bond acceptors (Lipinski definition) is 6. The standard InChI is InChI=1S/C26H21N3O4/c30-20-13-12-17-7-4-5-10-19(17)24(20)25(18-8-2-1-3-9-18)27-22(31)14-15-23-28-26(29-33-23)21-11-6-16-32-21/h1-13,16,25,30H,14-15H2,(H,27,31)/t25-/m0/s1. The van der Waals surface area contributed by atoms with Crippen molar-refractivity contribution in [3.63, 3.8) is 0 Å². The zero-order valence-corrected chi connectivity index (χ0v) is 17.6. The Hall–Kier alpha value is -4.39. The van der Waals surface area contributed by atoms with Crippen LogP contribution in [-0.2, 0) is 11.2 Å². The number of aromatic nitrogens is 2. The smallest absolute Gasteiger partial charge is 0.238 e. The number of phenolic OH excluding ortho intramolecular Hbond substituents is 1. The minimum Gasteiger partial charge on any atom is -0.508 e. The highest BCUT2D eigenvalue weighted by Crippen LogP contribution is 2.35. The lowest BCUT2D eigenvalue weighted by molar-refractivity contribution is -0.121. The van der Waals surface area contributed by atoms with Crippen molar-refractivity contribution in [3.05, 3.63) is 102 Å². The number of furan rings is 1. The van der Waals surface area contributed by atoms with Crippen molar-refractivity contribution in [1.29, 1.82) is 0 Å². The quantitative estimate of drug-likeness (QED) is 0.369. The average Bonchev–Trinajstić information content (AvgIpc) is 3.54. The molecular formula is C26H21N3O4. The van der Waals surface area contributed by atoms with Gasteiger partial charge in [0.1, 0.15) is 5.75 Å². The molecule has 164 valence electrons. The van der Waals surface area contributed by atoms with E-state index in [9.17, 15) is 9.90 Å². The lowest BCUT2D eigenvalue weighted by Gasteiger charge is -2.22. The first-order valence-electron chi connectivity index (χ1n) is 10.6. The van der Waals surface area contributed by atoms with Crippen molar-refractivity contribution >= 4 is 16.7 Å². The number of hydrogen-bond donors (Lipinski definition) is 2. The molecule has 33 heavy (non-hydrogen) atoms. The highest BCUT2D eigenvalue weighted by molar-refractivity contribution is 5.89. The third-order valence-electron chi connectivity index (χ3n) is 5.45. The lowest BCUT2D eigenvalue weighted by atomic mass is 9.92. The Morgan fingerprint density at radius 2 is 1.79 bits per heavy atom. The summed E-state index contributed by atoms with van der Waals surface area (Å²) >= 11 is 0. The molecule has 0 bridgehead atoms. The van der Waals surface area contributed by atoms with Gasteiger partial charge in [-0.15, -0.1) is 0 Å². The second kappa shape index (κ2) is 9.00.